The molecule has 1 N–H and O–H groups in total. The first-order chi connectivity index (χ1) is 9.10. The van der Waals surface area contributed by atoms with Gasteiger partial charge in [-0.3, -0.25) is 0 Å². The Balaban J connectivity index is 2.04. The van der Waals surface area contributed by atoms with Gasteiger partial charge in [0.2, 0.25) is 0 Å². The van der Waals surface area contributed by atoms with Crippen LogP contribution in [0, 0.1) is 0 Å². The highest BCUT2D eigenvalue weighted by atomic mass is 32.1. The zero-order valence-corrected chi connectivity index (χ0v) is 12.7. The fourth-order valence-electron chi connectivity index (χ4n) is 2.49. The van der Waals surface area contributed by atoms with Gasteiger partial charge in [-0.05, 0) is 44.1 Å². The molecule has 1 aliphatic heterocycles. The molecule has 2 atom stereocenters. The summed E-state index contributed by atoms with van der Waals surface area (Å²) in [6.45, 7) is 8.04. The molecular formula is C15H22N2OS. The molecule has 0 unspecified atom stereocenters. The predicted octanol–water partition coefficient (Wildman–Crippen LogP) is 3.06. The molecule has 1 aliphatic rings. The van der Waals surface area contributed by atoms with Crippen LogP contribution in [0.15, 0.2) is 24.3 Å². The van der Waals surface area contributed by atoms with E-state index in [0.29, 0.717) is 0 Å². The van der Waals surface area contributed by atoms with Gasteiger partial charge in [0.25, 0.3) is 0 Å². The van der Waals surface area contributed by atoms with Crippen LogP contribution < -0.4 is 5.32 Å². The summed E-state index contributed by atoms with van der Waals surface area (Å²) in [5.41, 5.74) is 2.40. The standard InChI is InChI=1S/C15H22N2OS/c1-4-13-7-5-6-8-14(13)16-15(19)17-9-11(2)18-12(3)10-17/h5-8,11-12H,4,9-10H2,1-3H3,(H,16,19)/t11-,12-/m0/s1. The minimum absolute atomic E-state index is 0.227. The van der Waals surface area contributed by atoms with Crippen LogP contribution in [0.25, 0.3) is 0 Å². The molecule has 0 radical (unpaired) electrons. The molecule has 0 bridgehead atoms. The quantitative estimate of drug-likeness (QED) is 0.840. The Hall–Kier alpha value is -1.13. The SMILES string of the molecule is CCc1ccccc1NC(=S)N1C[C@H](C)O[C@@H](C)C1. The Morgan fingerprint density at radius 2 is 1.95 bits per heavy atom. The first-order valence-corrected chi connectivity index (χ1v) is 7.30. The van der Waals surface area contributed by atoms with Crippen LogP contribution in [0.1, 0.15) is 26.3 Å². The molecule has 2 rings (SSSR count). The monoisotopic (exact) mass is 278 g/mol. The summed E-state index contributed by atoms with van der Waals surface area (Å²) in [5.74, 6) is 0. The van der Waals surface area contributed by atoms with Gasteiger partial charge in [0.15, 0.2) is 5.11 Å². The maximum absolute atomic E-state index is 5.73. The van der Waals surface area contributed by atoms with E-state index in [1.165, 1.54) is 5.56 Å². The van der Waals surface area contributed by atoms with E-state index in [2.05, 4.69) is 49.2 Å². The lowest BCUT2D eigenvalue weighted by Gasteiger charge is -2.37. The summed E-state index contributed by atoms with van der Waals surface area (Å²) in [6.07, 6.45) is 1.46. The van der Waals surface area contributed by atoms with Crippen LogP contribution in [0.2, 0.25) is 0 Å². The lowest BCUT2D eigenvalue weighted by atomic mass is 10.1. The van der Waals surface area contributed by atoms with Gasteiger partial charge in [-0.1, -0.05) is 25.1 Å². The summed E-state index contributed by atoms with van der Waals surface area (Å²) in [5, 5.41) is 4.17. The predicted molar refractivity (Wildman–Crippen MR) is 83.6 cm³/mol. The Labute approximate surface area is 120 Å². The minimum atomic E-state index is 0.227. The molecule has 104 valence electrons. The molecule has 3 nitrogen and oxygen atoms in total. The third-order valence-corrected chi connectivity index (χ3v) is 3.71. The summed E-state index contributed by atoms with van der Waals surface area (Å²) in [7, 11) is 0. The number of morpholine rings is 1. The van der Waals surface area contributed by atoms with Gasteiger partial charge in [0.1, 0.15) is 0 Å². The third-order valence-electron chi connectivity index (χ3n) is 3.35. The zero-order valence-electron chi connectivity index (χ0n) is 11.8. The highest BCUT2D eigenvalue weighted by Gasteiger charge is 2.24. The average molecular weight is 278 g/mol. The maximum Gasteiger partial charge on any atom is 0.173 e. The van der Waals surface area contributed by atoms with E-state index < -0.39 is 0 Å². The molecule has 0 spiro atoms. The van der Waals surface area contributed by atoms with Crippen LogP contribution >= 0.6 is 12.2 Å². The van der Waals surface area contributed by atoms with E-state index in [4.69, 9.17) is 17.0 Å². The van der Waals surface area contributed by atoms with Crippen molar-refractivity contribution in [2.75, 3.05) is 18.4 Å². The van der Waals surface area contributed by atoms with E-state index in [9.17, 15) is 0 Å². The molecule has 0 aromatic heterocycles. The smallest absolute Gasteiger partial charge is 0.173 e. The number of rotatable bonds is 2. The number of aryl methyl sites for hydroxylation is 1. The summed E-state index contributed by atoms with van der Waals surface area (Å²) in [6, 6.07) is 8.31. The molecule has 0 aliphatic carbocycles. The van der Waals surface area contributed by atoms with Gasteiger partial charge in [-0.2, -0.15) is 0 Å². The maximum atomic E-state index is 5.73. The lowest BCUT2D eigenvalue weighted by Crippen LogP contribution is -2.49. The van der Waals surface area contributed by atoms with Gasteiger partial charge in [0.05, 0.1) is 12.2 Å². The normalized spacial score (nSPS) is 23.2. The molecule has 1 aromatic rings. The van der Waals surface area contributed by atoms with Gasteiger partial charge >= 0.3 is 0 Å². The van der Waals surface area contributed by atoms with E-state index in [-0.39, 0.29) is 12.2 Å². The van der Waals surface area contributed by atoms with Crippen molar-refractivity contribution in [3.8, 4) is 0 Å². The van der Waals surface area contributed by atoms with Crippen molar-refractivity contribution in [1.29, 1.82) is 0 Å². The van der Waals surface area contributed by atoms with Gasteiger partial charge < -0.3 is 15.0 Å². The topological polar surface area (TPSA) is 24.5 Å². The number of nitrogens with zero attached hydrogens (tertiary/aromatic N) is 1. The number of benzene rings is 1. The number of hydrogen-bond donors (Lipinski definition) is 1. The first-order valence-electron chi connectivity index (χ1n) is 6.89. The molecule has 1 fully saturated rings. The number of para-hydroxylation sites is 1. The fourth-order valence-corrected chi connectivity index (χ4v) is 2.75. The van der Waals surface area contributed by atoms with E-state index in [1.807, 2.05) is 6.07 Å². The fraction of sp³-hybridized carbons (Fsp3) is 0.533. The van der Waals surface area contributed by atoms with E-state index in [0.717, 1.165) is 30.3 Å². The average Bonchev–Trinajstić information content (AvgIpc) is 2.38. The summed E-state index contributed by atoms with van der Waals surface area (Å²) < 4.78 is 5.73. The van der Waals surface area contributed by atoms with E-state index >= 15 is 0 Å². The molecule has 4 heteroatoms. The Morgan fingerprint density at radius 3 is 2.58 bits per heavy atom. The second kappa shape index (κ2) is 6.35. The molecule has 0 saturated carbocycles. The molecule has 1 saturated heterocycles. The molecule has 0 amide bonds. The zero-order chi connectivity index (χ0) is 13.8. The van der Waals surface area contributed by atoms with Crippen molar-refractivity contribution in [3.63, 3.8) is 0 Å². The van der Waals surface area contributed by atoms with Crippen LogP contribution in [0.5, 0.6) is 0 Å². The minimum Gasteiger partial charge on any atom is -0.372 e. The second-order valence-electron chi connectivity index (χ2n) is 5.10. The van der Waals surface area contributed by atoms with Crippen molar-refractivity contribution < 1.29 is 4.74 Å². The molecule has 1 heterocycles. The first kappa shape index (κ1) is 14.3. The Bertz CT molecular complexity index is 440. The summed E-state index contributed by atoms with van der Waals surface area (Å²) in [4.78, 5) is 2.20. The summed E-state index contributed by atoms with van der Waals surface area (Å²) >= 11 is 5.53. The van der Waals surface area contributed by atoms with Crippen molar-refractivity contribution in [2.45, 2.75) is 39.4 Å². The van der Waals surface area contributed by atoms with Crippen molar-refractivity contribution >= 4 is 23.0 Å². The van der Waals surface area contributed by atoms with Gasteiger partial charge in [-0.25, -0.2) is 0 Å². The third kappa shape index (κ3) is 3.67. The van der Waals surface area contributed by atoms with Crippen LogP contribution in [-0.2, 0) is 11.2 Å². The van der Waals surface area contributed by atoms with Crippen molar-refractivity contribution in [1.82, 2.24) is 4.90 Å². The van der Waals surface area contributed by atoms with Crippen molar-refractivity contribution in [2.24, 2.45) is 0 Å². The molecular weight excluding hydrogens is 256 g/mol. The number of thiocarbonyl (C=S) groups is 1. The number of hydrogen-bond acceptors (Lipinski definition) is 2. The van der Waals surface area contributed by atoms with Crippen LogP contribution in [0.4, 0.5) is 5.69 Å². The van der Waals surface area contributed by atoms with Gasteiger partial charge in [0, 0.05) is 18.8 Å². The largest absolute Gasteiger partial charge is 0.372 e. The molecule has 19 heavy (non-hydrogen) atoms. The number of ether oxygens (including phenoxy) is 1. The second-order valence-corrected chi connectivity index (χ2v) is 5.49. The number of nitrogens with one attached hydrogen (secondary N) is 1. The van der Waals surface area contributed by atoms with E-state index in [1.54, 1.807) is 0 Å². The highest BCUT2D eigenvalue weighted by Crippen LogP contribution is 2.18. The Kier molecular flexibility index (Phi) is 4.77. The van der Waals surface area contributed by atoms with Gasteiger partial charge in [-0.15, -0.1) is 0 Å². The Morgan fingerprint density at radius 1 is 1.32 bits per heavy atom. The lowest BCUT2D eigenvalue weighted by molar-refractivity contribution is -0.0473. The number of anilines is 1. The van der Waals surface area contributed by atoms with Crippen LogP contribution in [0.3, 0.4) is 0 Å². The molecule has 1 aromatic carbocycles. The van der Waals surface area contributed by atoms with Crippen LogP contribution in [-0.4, -0.2) is 35.3 Å². The van der Waals surface area contributed by atoms with Crippen molar-refractivity contribution in [3.05, 3.63) is 29.8 Å². The highest BCUT2D eigenvalue weighted by molar-refractivity contribution is 7.80.